The third kappa shape index (κ3) is 5.28. The fourth-order valence-electron chi connectivity index (χ4n) is 2.71. The summed E-state index contributed by atoms with van der Waals surface area (Å²) >= 11 is 0. The van der Waals surface area contributed by atoms with Crippen LogP contribution >= 0.6 is 0 Å². The van der Waals surface area contributed by atoms with Crippen LogP contribution in [0.2, 0.25) is 0 Å². The lowest BCUT2D eigenvalue weighted by Gasteiger charge is -2.28. The van der Waals surface area contributed by atoms with Gasteiger partial charge < -0.3 is 15.4 Å². The number of morpholine rings is 1. The van der Waals surface area contributed by atoms with Crippen molar-refractivity contribution in [1.82, 2.24) is 10.2 Å². The van der Waals surface area contributed by atoms with E-state index in [4.69, 9.17) is 4.74 Å². The molecule has 1 aliphatic heterocycles. The van der Waals surface area contributed by atoms with Crippen molar-refractivity contribution in [2.75, 3.05) is 44.7 Å². The highest BCUT2D eigenvalue weighted by molar-refractivity contribution is 6.10. The molecule has 1 heterocycles. The van der Waals surface area contributed by atoms with Gasteiger partial charge in [0.15, 0.2) is 0 Å². The van der Waals surface area contributed by atoms with Gasteiger partial charge in [0.25, 0.3) is 0 Å². The van der Waals surface area contributed by atoms with Gasteiger partial charge in [-0.3, -0.25) is 14.5 Å². The summed E-state index contributed by atoms with van der Waals surface area (Å²) in [6, 6.07) is 5.82. The van der Waals surface area contributed by atoms with Crippen LogP contribution < -0.4 is 10.6 Å². The van der Waals surface area contributed by atoms with Gasteiger partial charge in [-0.05, 0) is 39.3 Å². The van der Waals surface area contributed by atoms with E-state index in [1.165, 1.54) is 0 Å². The summed E-state index contributed by atoms with van der Waals surface area (Å²) in [6.07, 6.45) is 0. The van der Waals surface area contributed by atoms with Gasteiger partial charge in [-0.1, -0.05) is 17.7 Å². The highest BCUT2D eigenvalue weighted by Crippen LogP contribution is 2.22. The van der Waals surface area contributed by atoms with Crippen molar-refractivity contribution < 1.29 is 14.3 Å². The summed E-state index contributed by atoms with van der Waals surface area (Å²) < 4.78 is 5.30. The number of benzene rings is 1. The quantitative estimate of drug-likeness (QED) is 0.769. The van der Waals surface area contributed by atoms with Crippen molar-refractivity contribution in [3.63, 3.8) is 0 Å². The van der Waals surface area contributed by atoms with Crippen molar-refractivity contribution in [3.8, 4) is 0 Å². The first-order valence-corrected chi connectivity index (χ1v) is 8.78. The Morgan fingerprint density at radius 2 is 1.84 bits per heavy atom. The van der Waals surface area contributed by atoms with Crippen LogP contribution in [0.5, 0.6) is 0 Å². The summed E-state index contributed by atoms with van der Waals surface area (Å²) in [5.74, 6) is -0.564. The lowest BCUT2D eigenvalue weighted by atomic mass is 9.90. The van der Waals surface area contributed by atoms with Gasteiger partial charge in [-0.25, -0.2) is 0 Å². The molecule has 6 nitrogen and oxygen atoms in total. The second-order valence-electron chi connectivity index (χ2n) is 7.11. The number of anilines is 1. The number of nitrogens with zero attached hydrogens (tertiary/aromatic N) is 1. The lowest BCUT2D eigenvalue weighted by Crippen LogP contribution is -2.48. The minimum Gasteiger partial charge on any atom is -0.379 e. The van der Waals surface area contributed by atoms with E-state index in [9.17, 15) is 9.59 Å². The van der Waals surface area contributed by atoms with Crippen LogP contribution in [0.25, 0.3) is 0 Å². The second-order valence-corrected chi connectivity index (χ2v) is 7.11. The average molecular weight is 347 g/mol. The Bertz CT molecular complexity index is 622. The molecule has 2 amide bonds. The van der Waals surface area contributed by atoms with Crippen molar-refractivity contribution in [1.29, 1.82) is 0 Å². The van der Waals surface area contributed by atoms with Gasteiger partial charge in [-0.15, -0.1) is 0 Å². The van der Waals surface area contributed by atoms with E-state index in [1.54, 1.807) is 13.8 Å². The first-order valence-electron chi connectivity index (χ1n) is 8.78. The van der Waals surface area contributed by atoms with Crippen LogP contribution in [0.3, 0.4) is 0 Å². The molecule has 1 saturated heterocycles. The van der Waals surface area contributed by atoms with Crippen LogP contribution in [0.4, 0.5) is 5.69 Å². The van der Waals surface area contributed by atoms with Gasteiger partial charge in [-0.2, -0.15) is 0 Å². The zero-order valence-electron chi connectivity index (χ0n) is 15.6. The molecule has 2 rings (SSSR count). The molecule has 0 aliphatic carbocycles. The minimum absolute atomic E-state index is 0.261. The van der Waals surface area contributed by atoms with Gasteiger partial charge in [0.1, 0.15) is 5.41 Å². The zero-order chi connectivity index (χ0) is 18.4. The summed E-state index contributed by atoms with van der Waals surface area (Å²) in [5.41, 5.74) is 1.72. The molecule has 2 N–H and O–H groups in total. The number of hydrogen-bond donors (Lipinski definition) is 2. The smallest absolute Gasteiger partial charge is 0.239 e. The molecule has 0 saturated carbocycles. The Hall–Kier alpha value is -1.92. The van der Waals surface area contributed by atoms with Gasteiger partial charge in [0.05, 0.1) is 13.2 Å². The third-order valence-electron chi connectivity index (χ3n) is 4.58. The van der Waals surface area contributed by atoms with Crippen molar-refractivity contribution in [2.24, 2.45) is 5.41 Å². The summed E-state index contributed by atoms with van der Waals surface area (Å²) in [5, 5.41) is 5.75. The molecule has 0 atom stereocenters. The van der Waals surface area contributed by atoms with E-state index in [0.717, 1.165) is 49.7 Å². The van der Waals surface area contributed by atoms with E-state index in [-0.39, 0.29) is 11.8 Å². The van der Waals surface area contributed by atoms with Crippen LogP contribution in [0.1, 0.15) is 25.0 Å². The van der Waals surface area contributed by atoms with E-state index in [1.807, 2.05) is 32.0 Å². The average Bonchev–Trinajstić information content (AvgIpc) is 2.58. The number of ether oxygens (including phenoxy) is 1. The molecule has 138 valence electrons. The zero-order valence-corrected chi connectivity index (χ0v) is 15.6. The molecule has 0 unspecified atom stereocenters. The van der Waals surface area contributed by atoms with Gasteiger partial charge in [0.2, 0.25) is 11.8 Å². The standard InChI is InChI=1S/C19H29N3O3/c1-14-5-6-16(15(2)13-14)21-18(24)19(3,4)17(23)20-7-8-22-9-11-25-12-10-22/h5-6,13H,7-12H2,1-4H3,(H,20,23)(H,21,24). The van der Waals surface area contributed by atoms with Gasteiger partial charge >= 0.3 is 0 Å². The predicted molar refractivity (Wildman–Crippen MR) is 98.6 cm³/mol. The SMILES string of the molecule is Cc1ccc(NC(=O)C(C)(C)C(=O)NCCN2CCOCC2)c(C)c1. The molecular weight excluding hydrogens is 318 g/mol. The lowest BCUT2D eigenvalue weighted by molar-refractivity contribution is -0.138. The molecule has 1 aliphatic rings. The number of carbonyl (C=O) groups excluding carboxylic acids is 2. The summed E-state index contributed by atoms with van der Waals surface area (Å²) in [7, 11) is 0. The molecule has 25 heavy (non-hydrogen) atoms. The molecule has 6 heteroatoms. The topological polar surface area (TPSA) is 70.7 Å². The summed E-state index contributed by atoms with van der Waals surface area (Å²) in [6.45, 7) is 11.8. The predicted octanol–water partition coefficient (Wildman–Crippen LogP) is 1.72. The number of carbonyl (C=O) groups is 2. The normalized spacial score (nSPS) is 15.7. The van der Waals surface area contributed by atoms with E-state index in [2.05, 4.69) is 15.5 Å². The molecule has 0 aromatic heterocycles. The molecule has 1 aromatic rings. The molecule has 0 radical (unpaired) electrons. The number of rotatable bonds is 6. The first-order chi connectivity index (χ1) is 11.8. The van der Waals surface area contributed by atoms with Crippen molar-refractivity contribution in [3.05, 3.63) is 29.3 Å². The Balaban J connectivity index is 1.87. The van der Waals surface area contributed by atoms with Crippen LogP contribution in [-0.4, -0.2) is 56.1 Å². The molecule has 1 fully saturated rings. The minimum atomic E-state index is -1.14. The van der Waals surface area contributed by atoms with Crippen LogP contribution in [0.15, 0.2) is 18.2 Å². The molecule has 1 aromatic carbocycles. The molecule has 0 spiro atoms. The number of nitrogens with one attached hydrogen (secondary N) is 2. The van der Waals surface area contributed by atoms with Crippen LogP contribution in [0, 0.1) is 19.3 Å². The second kappa shape index (κ2) is 8.45. The maximum Gasteiger partial charge on any atom is 0.239 e. The van der Waals surface area contributed by atoms with Crippen molar-refractivity contribution in [2.45, 2.75) is 27.7 Å². The largest absolute Gasteiger partial charge is 0.379 e. The van der Waals surface area contributed by atoms with E-state index >= 15 is 0 Å². The maximum atomic E-state index is 12.6. The number of amides is 2. The Morgan fingerprint density at radius 1 is 1.16 bits per heavy atom. The number of aryl methyl sites for hydroxylation is 2. The van der Waals surface area contributed by atoms with Crippen molar-refractivity contribution >= 4 is 17.5 Å². The molecule has 0 bridgehead atoms. The monoisotopic (exact) mass is 347 g/mol. The maximum absolute atomic E-state index is 12.6. The fraction of sp³-hybridized carbons (Fsp3) is 0.579. The van der Waals surface area contributed by atoms with Crippen LogP contribution in [-0.2, 0) is 14.3 Å². The highest BCUT2D eigenvalue weighted by atomic mass is 16.5. The highest BCUT2D eigenvalue weighted by Gasteiger charge is 2.36. The Morgan fingerprint density at radius 3 is 2.48 bits per heavy atom. The third-order valence-corrected chi connectivity index (χ3v) is 4.58. The Labute approximate surface area is 149 Å². The van der Waals surface area contributed by atoms with Gasteiger partial charge in [0, 0.05) is 31.9 Å². The first kappa shape index (κ1) is 19.4. The number of hydrogen-bond acceptors (Lipinski definition) is 4. The fourth-order valence-corrected chi connectivity index (χ4v) is 2.71. The summed E-state index contributed by atoms with van der Waals surface area (Å²) in [4.78, 5) is 27.3. The van der Waals surface area contributed by atoms with E-state index < -0.39 is 5.41 Å². The molecular formula is C19H29N3O3. The Kier molecular flexibility index (Phi) is 6.56. The van der Waals surface area contributed by atoms with E-state index in [0.29, 0.717) is 6.54 Å².